The molecule has 1 amide bonds. The van der Waals surface area contributed by atoms with E-state index in [9.17, 15) is 19.2 Å². The lowest BCUT2D eigenvalue weighted by Crippen LogP contribution is -2.54. The van der Waals surface area contributed by atoms with Gasteiger partial charge in [-0.25, -0.2) is 9.37 Å². The zero-order valence-electron chi connectivity index (χ0n) is 19.1. The van der Waals surface area contributed by atoms with Crippen molar-refractivity contribution in [3.05, 3.63) is 69.9 Å². The number of hydrogen-bond acceptors (Lipinski definition) is 5. The van der Waals surface area contributed by atoms with Gasteiger partial charge in [-0.3, -0.25) is 9.59 Å². The van der Waals surface area contributed by atoms with E-state index < -0.39 is 0 Å². The molecular weight excluding hydrogens is 421 g/mol. The largest absolute Gasteiger partial charge is 0.366 e. The second kappa shape index (κ2) is 8.66. The van der Waals surface area contributed by atoms with Crippen molar-refractivity contribution in [3.8, 4) is 6.07 Å². The molecule has 33 heavy (non-hydrogen) atoms. The van der Waals surface area contributed by atoms with Crippen molar-refractivity contribution in [2.75, 3.05) is 18.5 Å². The molecule has 170 valence electrons. The lowest BCUT2D eigenvalue weighted by Gasteiger charge is -2.46. The van der Waals surface area contributed by atoms with E-state index in [0.717, 1.165) is 0 Å². The normalized spacial score (nSPS) is 20.5. The Labute approximate surface area is 191 Å². The van der Waals surface area contributed by atoms with Crippen molar-refractivity contribution in [1.29, 1.82) is 5.26 Å². The van der Waals surface area contributed by atoms with Gasteiger partial charge in [0.05, 0.1) is 11.2 Å². The molecule has 1 aliphatic heterocycles. The number of amides is 1. The number of aryl methyl sites for hydroxylation is 1. The minimum Gasteiger partial charge on any atom is -0.366 e. The van der Waals surface area contributed by atoms with E-state index >= 15 is 0 Å². The van der Waals surface area contributed by atoms with Gasteiger partial charge < -0.3 is 14.4 Å². The first-order valence-electron chi connectivity index (χ1n) is 10.9. The maximum absolute atomic E-state index is 13.3. The zero-order chi connectivity index (χ0) is 23.9. The summed E-state index contributed by atoms with van der Waals surface area (Å²) >= 11 is 0. The Morgan fingerprint density at radius 1 is 1.21 bits per heavy atom. The number of nitrogens with zero attached hydrogens (tertiary/aromatic N) is 5. The van der Waals surface area contributed by atoms with Gasteiger partial charge in [0.2, 0.25) is 0 Å². The molecule has 0 bridgehead atoms. The van der Waals surface area contributed by atoms with Crippen LogP contribution in [0.4, 0.5) is 10.1 Å². The molecule has 1 unspecified atom stereocenters. The van der Waals surface area contributed by atoms with Crippen LogP contribution in [-0.4, -0.2) is 46.0 Å². The van der Waals surface area contributed by atoms with Crippen molar-refractivity contribution in [2.45, 2.75) is 32.4 Å². The number of nitriles is 1. The molecular formula is C25H26FN5O2. The third kappa shape index (κ3) is 4.07. The number of benzene rings is 1. The summed E-state index contributed by atoms with van der Waals surface area (Å²) in [6.45, 7) is 4.76. The highest BCUT2D eigenvalue weighted by atomic mass is 19.1. The Morgan fingerprint density at radius 2 is 1.91 bits per heavy atom. The molecule has 7 nitrogen and oxygen atoms in total. The number of halogens is 1. The third-order valence-electron chi connectivity index (χ3n) is 6.66. The minimum atomic E-state index is -0.376. The molecule has 0 radical (unpaired) electrons. The fraction of sp³-hybridized carbons (Fsp3) is 0.360. The second-order valence-electron chi connectivity index (χ2n) is 8.81. The molecule has 0 N–H and O–H groups in total. The highest BCUT2D eigenvalue weighted by molar-refractivity contribution is 5.94. The van der Waals surface area contributed by atoms with Crippen LogP contribution >= 0.6 is 0 Å². The lowest BCUT2D eigenvalue weighted by molar-refractivity contribution is 0.0637. The van der Waals surface area contributed by atoms with E-state index in [1.165, 1.54) is 28.8 Å². The Kier molecular flexibility index (Phi) is 5.90. The second-order valence-corrected chi connectivity index (χ2v) is 8.81. The van der Waals surface area contributed by atoms with Crippen molar-refractivity contribution in [2.24, 2.45) is 13.0 Å². The summed E-state index contributed by atoms with van der Waals surface area (Å²) in [7, 11) is 3.47. The molecule has 1 aliphatic rings. The number of carbonyl (C=O) groups is 1. The van der Waals surface area contributed by atoms with Crippen LogP contribution in [-0.2, 0) is 7.05 Å². The summed E-state index contributed by atoms with van der Waals surface area (Å²) in [6.07, 6.45) is 0.694. The molecule has 1 fully saturated rings. The quantitative estimate of drug-likeness (QED) is 0.615. The molecule has 0 saturated carbocycles. The van der Waals surface area contributed by atoms with Crippen molar-refractivity contribution < 1.29 is 9.18 Å². The number of piperidine rings is 1. The molecule has 3 heterocycles. The number of anilines is 1. The van der Waals surface area contributed by atoms with Gasteiger partial charge in [0.25, 0.3) is 11.5 Å². The summed E-state index contributed by atoms with van der Waals surface area (Å²) in [5.74, 6) is -0.417. The predicted molar refractivity (Wildman–Crippen MR) is 125 cm³/mol. The molecule has 3 aromatic rings. The van der Waals surface area contributed by atoms with Gasteiger partial charge in [-0.05, 0) is 55.7 Å². The number of rotatable bonds is 3. The number of fused-ring (bicyclic) bond motifs is 1. The third-order valence-corrected chi connectivity index (χ3v) is 6.66. The Bertz CT molecular complexity index is 1310. The highest BCUT2D eigenvalue weighted by Crippen LogP contribution is 2.33. The molecule has 3 atom stereocenters. The molecule has 8 heteroatoms. The summed E-state index contributed by atoms with van der Waals surface area (Å²) < 4.78 is 14.8. The van der Waals surface area contributed by atoms with Gasteiger partial charge in [0.1, 0.15) is 23.1 Å². The predicted octanol–water partition coefficient (Wildman–Crippen LogP) is 3.32. The summed E-state index contributed by atoms with van der Waals surface area (Å²) in [5, 5.41) is 9.32. The van der Waals surface area contributed by atoms with E-state index in [0.29, 0.717) is 40.9 Å². The fourth-order valence-corrected chi connectivity index (χ4v) is 4.74. The van der Waals surface area contributed by atoms with Crippen LogP contribution in [0, 0.1) is 23.1 Å². The summed E-state index contributed by atoms with van der Waals surface area (Å²) in [6, 6.07) is 12.6. The smallest absolute Gasteiger partial charge is 0.253 e. The van der Waals surface area contributed by atoms with Gasteiger partial charge in [-0.15, -0.1) is 0 Å². The summed E-state index contributed by atoms with van der Waals surface area (Å²) in [4.78, 5) is 34.0. The topological polar surface area (TPSA) is 82.2 Å². The highest BCUT2D eigenvalue weighted by Gasteiger charge is 2.36. The van der Waals surface area contributed by atoms with E-state index in [4.69, 9.17) is 0 Å². The zero-order valence-corrected chi connectivity index (χ0v) is 19.1. The van der Waals surface area contributed by atoms with Crippen LogP contribution in [0.3, 0.4) is 0 Å². The van der Waals surface area contributed by atoms with Crippen LogP contribution in [0.1, 0.15) is 36.3 Å². The van der Waals surface area contributed by atoms with Gasteiger partial charge in [0.15, 0.2) is 0 Å². The minimum absolute atomic E-state index is 0.0192. The van der Waals surface area contributed by atoms with Crippen molar-refractivity contribution >= 4 is 22.6 Å². The first-order valence-corrected chi connectivity index (χ1v) is 10.9. The average molecular weight is 448 g/mol. The fourth-order valence-electron chi connectivity index (χ4n) is 4.74. The first-order chi connectivity index (χ1) is 15.7. The van der Waals surface area contributed by atoms with E-state index in [1.807, 2.05) is 0 Å². The SMILES string of the molecule is C[C@@H]1CN(c2cc(=O)n(C)c3ccc(C#N)nc23)[C@@H](C)CC1N(C)C(=O)c1ccc(F)cc1. The Balaban J connectivity index is 1.65. The van der Waals surface area contributed by atoms with Gasteiger partial charge >= 0.3 is 0 Å². The van der Waals surface area contributed by atoms with E-state index in [1.54, 1.807) is 37.2 Å². The molecule has 1 saturated heterocycles. The van der Waals surface area contributed by atoms with Crippen molar-refractivity contribution in [1.82, 2.24) is 14.5 Å². The van der Waals surface area contributed by atoms with E-state index in [2.05, 4.69) is 29.8 Å². The number of hydrogen-bond donors (Lipinski definition) is 0. The van der Waals surface area contributed by atoms with Crippen molar-refractivity contribution in [3.63, 3.8) is 0 Å². The Morgan fingerprint density at radius 3 is 2.58 bits per heavy atom. The summed E-state index contributed by atoms with van der Waals surface area (Å²) in [5.41, 5.74) is 2.59. The van der Waals surface area contributed by atoms with Crippen LogP contribution in [0.15, 0.2) is 47.3 Å². The maximum atomic E-state index is 13.3. The molecule has 0 aliphatic carbocycles. The number of aromatic nitrogens is 2. The number of carbonyl (C=O) groups excluding carboxylic acids is 1. The van der Waals surface area contributed by atoms with Crippen LogP contribution in [0.25, 0.3) is 11.0 Å². The lowest BCUT2D eigenvalue weighted by atomic mass is 9.87. The molecule has 0 spiro atoms. The van der Waals surface area contributed by atoms with Gasteiger partial charge in [0, 0.05) is 44.4 Å². The maximum Gasteiger partial charge on any atom is 0.253 e. The monoisotopic (exact) mass is 447 g/mol. The Hall–Kier alpha value is -3.73. The molecule has 2 aromatic heterocycles. The van der Waals surface area contributed by atoms with Crippen LogP contribution in [0.5, 0.6) is 0 Å². The molecule has 4 rings (SSSR count). The van der Waals surface area contributed by atoms with Gasteiger partial charge in [-0.1, -0.05) is 6.92 Å². The standard InChI is InChI=1S/C25H26FN5O2/c1-15-14-31(22-12-23(32)29(3)20-10-9-19(13-27)28-24(20)22)16(2)11-21(15)30(4)25(33)17-5-7-18(26)8-6-17/h5-10,12,15-16,21H,11,14H2,1-4H3/t15-,16+,21?/m1/s1. The van der Waals surface area contributed by atoms with E-state index in [-0.39, 0.29) is 35.3 Å². The number of pyridine rings is 2. The van der Waals surface area contributed by atoms with Gasteiger partial charge in [-0.2, -0.15) is 5.26 Å². The molecule has 1 aromatic carbocycles. The van der Waals surface area contributed by atoms with Crippen LogP contribution in [0.2, 0.25) is 0 Å². The first kappa shape index (κ1) is 22.5. The van der Waals surface area contributed by atoms with Crippen LogP contribution < -0.4 is 10.5 Å². The average Bonchev–Trinajstić information content (AvgIpc) is 2.82.